The highest BCUT2D eigenvalue weighted by molar-refractivity contribution is 9.10. The summed E-state index contributed by atoms with van der Waals surface area (Å²) in [5.74, 6) is -1.79. The minimum absolute atomic E-state index is 0.0469. The van der Waals surface area contributed by atoms with Crippen LogP contribution in [0.15, 0.2) is 46.9 Å². The molecule has 0 fully saturated rings. The van der Waals surface area contributed by atoms with Gasteiger partial charge in [0.1, 0.15) is 0 Å². The minimum Gasteiger partial charge on any atom is -0.388 e. The Kier molecular flexibility index (Phi) is 4.09. The zero-order chi connectivity index (χ0) is 13.1. The second-order valence-corrected chi connectivity index (χ2v) is 4.90. The van der Waals surface area contributed by atoms with Gasteiger partial charge in [-0.1, -0.05) is 40.2 Å². The van der Waals surface area contributed by atoms with E-state index in [1.807, 2.05) is 0 Å². The molecule has 2 aromatic carbocycles. The highest BCUT2D eigenvalue weighted by atomic mass is 79.9. The van der Waals surface area contributed by atoms with Crippen LogP contribution in [-0.2, 0) is 6.42 Å². The molecule has 0 aliphatic heterocycles. The molecule has 0 heterocycles. The largest absolute Gasteiger partial charge is 0.388 e. The lowest BCUT2D eigenvalue weighted by atomic mass is 10.0. The molecule has 0 amide bonds. The zero-order valence-electron chi connectivity index (χ0n) is 9.41. The van der Waals surface area contributed by atoms with Crippen molar-refractivity contribution in [2.75, 3.05) is 0 Å². The van der Waals surface area contributed by atoms with Gasteiger partial charge in [0.25, 0.3) is 0 Å². The van der Waals surface area contributed by atoms with Crippen LogP contribution in [0.4, 0.5) is 8.78 Å². The fraction of sp³-hybridized carbons (Fsp3) is 0.143. The van der Waals surface area contributed by atoms with Crippen LogP contribution < -0.4 is 0 Å². The maximum absolute atomic E-state index is 13.4. The first-order valence-corrected chi connectivity index (χ1v) is 6.23. The molecule has 0 saturated heterocycles. The summed E-state index contributed by atoms with van der Waals surface area (Å²) in [6.07, 6.45) is -0.806. The van der Waals surface area contributed by atoms with E-state index < -0.39 is 17.7 Å². The lowest BCUT2D eigenvalue weighted by Crippen LogP contribution is -2.04. The third-order valence-corrected chi connectivity index (χ3v) is 3.23. The monoisotopic (exact) mass is 312 g/mol. The maximum Gasteiger partial charge on any atom is 0.162 e. The fourth-order valence-electron chi connectivity index (χ4n) is 1.72. The van der Waals surface area contributed by atoms with Gasteiger partial charge >= 0.3 is 0 Å². The summed E-state index contributed by atoms with van der Waals surface area (Å²) in [4.78, 5) is 0. The number of hydrogen-bond acceptors (Lipinski definition) is 1. The van der Waals surface area contributed by atoms with Crippen LogP contribution in [0.3, 0.4) is 0 Å². The Bertz CT molecular complexity index is 540. The highest BCUT2D eigenvalue weighted by Gasteiger charge is 2.13. The van der Waals surface area contributed by atoms with Gasteiger partial charge in [0, 0.05) is 10.9 Å². The smallest absolute Gasteiger partial charge is 0.162 e. The summed E-state index contributed by atoms with van der Waals surface area (Å²) in [6, 6.07) is 11.0. The number of aliphatic hydroxyl groups is 1. The van der Waals surface area contributed by atoms with Gasteiger partial charge in [0.2, 0.25) is 0 Å². The predicted octanol–water partition coefficient (Wildman–Crippen LogP) is 4.00. The minimum atomic E-state index is -0.895. The van der Waals surface area contributed by atoms with Gasteiger partial charge in [-0.15, -0.1) is 0 Å². The molecule has 1 unspecified atom stereocenters. The van der Waals surface area contributed by atoms with E-state index in [9.17, 15) is 13.9 Å². The van der Waals surface area contributed by atoms with Crippen molar-refractivity contribution in [2.24, 2.45) is 0 Å². The van der Waals surface area contributed by atoms with Crippen LogP contribution in [0.2, 0.25) is 0 Å². The van der Waals surface area contributed by atoms with Gasteiger partial charge in [0.15, 0.2) is 11.6 Å². The standard InChI is InChI=1S/C14H11BrF2O/c15-11-6-4-9(5-7-11)13(18)8-10-2-1-3-12(16)14(10)17/h1-7,13,18H,8H2. The topological polar surface area (TPSA) is 20.2 Å². The lowest BCUT2D eigenvalue weighted by Gasteiger charge is -2.12. The summed E-state index contributed by atoms with van der Waals surface area (Å²) in [7, 11) is 0. The molecule has 0 saturated carbocycles. The summed E-state index contributed by atoms with van der Waals surface area (Å²) in [5.41, 5.74) is 0.840. The van der Waals surface area contributed by atoms with Gasteiger partial charge in [-0.3, -0.25) is 0 Å². The molecule has 94 valence electrons. The van der Waals surface area contributed by atoms with Gasteiger partial charge < -0.3 is 5.11 Å². The number of hydrogen-bond donors (Lipinski definition) is 1. The second kappa shape index (κ2) is 5.59. The van der Waals surface area contributed by atoms with Gasteiger partial charge in [0.05, 0.1) is 6.10 Å². The molecule has 1 N–H and O–H groups in total. The Morgan fingerprint density at radius 2 is 1.72 bits per heavy atom. The molecule has 0 aromatic heterocycles. The average molecular weight is 313 g/mol. The highest BCUT2D eigenvalue weighted by Crippen LogP contribution is 2.22. The predicted molar refractivity (Wildman–Crippen MR) is 69.2 cm³/mol. The molecular weight excluding hydrogens is 302 g/mol. The quantitative estimate of drug-likeness (QED) is 0.908. The first kappa shape index (κ1) is 13.2. The number of rotatable bonds is 3. The van der Waals surface area contributed by atoms with Crippen molar-refractivity contribution in [1.29, 1.82) is 0 Å². The van der Waals surface area contributed by atoms with Crippen LogP contribution in [-0.4, -0.2) is 5.11 Å². The molecule has 0 bridgehead atoms. The lowest BCUT2D eigenvalue weighted by molar-refractivity contribution is 0.177. The van der Waals surface area contributed by atoms with Crippen molar-refractivity contribution in [1.82, 2.24) is 0 Å². The molecule has 2 rings (SSSR count). The average Bonchev–Trinajstić information content (AvgIpc) is 2.36. The van der Waals surface area contributed by atoms with E-state index in [2.05, 4.69) is 15.9 Å². The fourth-order valence-corrected chi connectivity index (χ4v) is 1.98. The van der Waals surface area contributed by atoms with Gasteiger partial charge in [-0.2, -0.15) is 0 Å². The summed E-state index contributed by atoms with van der Waals surface area (Å²) >= 11 is 3.29. The molecule has 0 aliphatic rings. The Morgan fingerprint density at radius 1 is 1.06 bits per heavy atom. The van der Waals surface area contributed by atoms with Crippen LogP contribution in [0.25, 0.3) is 0 Å². The van der Waals surface area contributed by atoms with Gasteiger partial charge in [-0.05, 0) is 29.3 Å². The molecule has 0 spiro atoms. The number of halogens is 3. The van der Waals surface area contributed by atoms with Crippen molar-refractivity contribution in [3.8, 4) is 0 Å². The third-order valence-electron chi connectivity index (χ3n) is 2.70. The van der Waals surface area contributed by atoms with Crippen molar-refractivity contribution in [2.45, 2.75) is 12.5 Å². The molecule has 1 nitrogen and oxygen atoms in total. The Labute approximate surface area is 112 Å². The number of aliphatic hydroxyl groups excluding tert-OH is 1. The van der Waals surface area contributed by atoms with Crippen LogP contribution in [0.1, 0.15) is 17.2 Å². The first-order chi connectivity index (χ1) is 8.58. The van der Waals surface area contributed by atoms with E-state index in [4.69, 9.17) is 0 Å². The van der Waals surface area contributed by atoms with Crippen molar-refractivity contribution in [3.63, 3.8) is 0 Å². The van der Waals surface area contributed by atoms with E-state index in [1.54, 1.807) is 24.3 Å². The maximum atomic E-state index is 13.4. The zero-order valence-corrected chi connectivity index (χ0v) is 11.0. The van der Waals surface area contributed by atoms with Crippen LogP contribution >= 0.6 is 15.9 Å². The van der Waals surface area contributed by atoms with E-state index in [0.717, 1.165) is 10.5 Å². The summed E-state index contributed by atoms with van der Waals surface area (Å²) < 4.78 is 27.4. The molecule has 18 heavy (non-hydrogen) atoms. The van der Waals surface area contributed by atoms with E-state index >= 15 is 0 Å². The Balaban J connectivity index is 2.18. The normalized spacial score (nSPS) is 12.4. The van der Waals surface area contributed by atoms with Gasteiger partial charge in [-0.25, -0.2) is 8.78 Å². The summed E-state index contributed by atoms with van der Waals surface area (Å²) in [5, 5.41) is 9.98. The Morgan fingerprint density at radius 3 is 2.39 bits per heavy atom. The molecule has 2 aromatic rings. The SMILES string of the molecule is OC(Cc1cccc(F)c1F)c1ccc(Br)cc1. The first-order valence-electron chi connectivity index (χ1n) is 5.44. The molecule has 1 atom stereocenters. The molecular formula is C14H11BrF2O. The van der Waals surface area contributed by atoms with Crippen LogP contribution in [0, 0.1) is 11.6 Å². The van der Waals surface area contributed by atoms with Crippen molar-refractivity contribution in [3.05, 3.63) is 69.7 Å². The summed E-state index contributed by atoms with van der Waals surface area (Å²) in [6.45, 7) is 0. The second-order valence-electron chi connectivity index (χ2n) is 3.98. The van der Waals surface area contributed by atoms with E-state index in [-0.39, 0.29) is 12.0 Å². The van der Waals surface area contributed by atoms with E-state index in [0.29, 0.717) is 5.56 Å². The van der Waals surface area contributed by atoms with E-state index in [1.165, 1.54) is 12.1 Å². The van der Waals surface area contributed by atoms with Crippen molar-refractivity contribution < 1.29 is 13.9 Å². The van der Waals surface area contributed by atoms with Crippen molar-refractivity contribution >= 4 is 15.9 Å². The third kappa shape index (κ3) is 2.94. The number of benzene rings is 2. The molecule has 4 heteroatoms. The Hall–Kier alpha value is -1.26. The molecule has 0 radical (unpaired) electrons. The van der Waals surface area contributed by atoms with Crippen LogP contribution in [0.5, 0.6) is 0 Å². The molecule has 0 aliphatic carbocycles.